The minimum atomic E-state index is -0.800. The molecule has 1 aromatic carbocycles. The molecule has 0 aliphatic rings. The van der Waals surface area contributed by atoms with Crippen LogP contribution in [0, 0.1) is 0 Å². The van der Waals surface area contributed by atoms with Gasteiger partial charge in [-0.2, -0.15) is 12.6 Å². The second-order valence-corrected chi connectivity index (χ2v) is 3.68. The van der Waals surface area contributed by atoms with E-state index < -0.39 is 5.97 Å². The molecular formula is C12H14O2S. The summed E-state index contributed by atoms with van der Waals surface area (Å²) in [6.45, 7) is 0. The first-order valence-electron chi connectivity index (χ1n) is 4.80. The molecule has 0 atom stereocenters. The van der Waals surface area contributed by atoms with E-state index in [4.69, 9.17) is 5.11 Å². The summed E-state index contributed by atoms with van der Waals surface area (Å²) >= 11 is 4.10. The van der Waals surface area contributed by atoms with E-state index in [1.807, 2.05) is 36.4 Å². The molecule has 2 nitrogen and oxygen atoms in total. The minimum Gasteiger partial charge on any atom is -0.481 e. The van der Waals surface area contributed by atoms with Crippen LogP contribution in [0.25, 0.3) is 6.08 Å². The maximum absolute atomic E-state index is 10.5. The van der Waals surface area contributed by atoms with Crippen LogP contribution >= 0.6 is 12.6 Å². The molecule has 0 heterocycles. The number of carboxylic acids is 1. The van der Waals surface area contributed by atoms with Crippen LogP contribution in [0.4, 0.5) is 0 Å². The van der Waals surface area contributed by atoms with Crippen LogP contribution < -0.4 is 0 Å². The molecule has 0 radical (unpaired) electrons. The Kier molecular flexibility index (Phi) is 4.98. The number of carboxylic acid groups (broad SMARTS) is 1. The van der Waals surface area contributed by atoms with E-state index in [9.17, 15) is 4.79 Å². The Hall–Kier alpha value is -1.22. The number of thiol groups is 1. The second-order valence-electron chi connectivity index (χ2n) is 3.23. The summed E-state index contributed by atoms with van der Waals surface area (Å²) in [6.07, 6.45) is 5.02. The lowest BCUT2D eigenvalue weighted by atomic mass is 10.1. The molecular weight excluding hydrogens is 208 g/mol. The fourth-order valence-corrected chi connectivity index (χ4v) is 1.42. The van der Waals surface area contributed by atoms with E-state index in [1.165, 1.54) is 0 Å². The average molecular weight is 222 g/mol. The summed E-state index contributed by atoms with van der Waals surface area (Å²) in [5, 5.41) is 8.64. The molecule has 0 aliphatic heterocycles. The van der Waals surface area contributed by atoms with Gasteiger partial charge in [-0.05, 0) is 23.3 Å². The van der Waals surface area contributed by atoms with Gasteiger partial charge >= 0.3 is 5.97 Å². The number of hydrogen-bond acceptors (Lipinski definition) is 2. The van der Waals surface area contributed by atoms with E-state index in [2.05, 4.69) is 12.6 Å². The van der Waals surface area contributed by atoms with Gasteiger partial charge in [0.05, 0.1) is 6.42 Å². The summed E-state index contributed by atoms with van der Waals surface area (Å²) in [5.74, 6) is 0.0252. The lowest BCUT2D eigenvalue weighted by Crippen LogP contribution is -1.99. The van der Waals surface area contributed by atoms with Crippen LogP contribution in [0.3, 0.4) is 0 Å². The topological polar surface area (TPSA) is 37.3 Å². The zero-order valence-electron chi connectivity index (χ0n) is 8.39. The van der Waals surface area contributed by atoms with Gasteiger partial charge in [0.2, 0.25) is 0 Å². The normalized spacial score (nSPS) is 10.7. The van der Waals surface area contributed by atoms with Gasteiger partial charge in [0, 0.05) is 0 Å². The van der Waals surface area contributed by atoms with Crippen LogP contribution in [0.5, 0.6) is 0 Å². The van der Waals surface area contributed by atoms with E-state index in [0.29, 0.717) is 0 Å². The van der Waals surface area contributed by atoms with Gasteiger partial charge in [-0.3, -0.25) is 4.79 Å². The summed E-state index contributed by atoms with van der Waals surface area (Å²) in [5.41, 5.74) is 1.87. The molecule has 0 fully saturated rings. The molecule has 0 bridgehead atoms. The zero-order valence-corrected chi connectivity index (χ0v) is 9.28. The lowest BCUT2D eigenvalue weighted by Gasteiger charge is -1.98. The number of aliphatic carboxylic acids is 1. The molecule has 80 valence electrons. The Bertz CT molecular complexity index is 358. The highest BCUT2D eigenvalue weighted by Gasteiger charge is 1.99. The van der Waals surface area contributed by atoms with Crippen molar-refractivity contribution in [2.45, 2.75) is 12.8 Å². The number of rotatable bonds is 5. The van der Waals surface area contributed by atoms with Crippen LogP contribution in [0.1, 0.15) is 17.5 Å². The first kappa shape index (κ1) is 11.9. The van der Waals surface area contributed by atoms with Gasteiger partial charge in [0.25, 0.3) is 0 Å². The Morgan fingerprint density at radius 1 is 1.47 bits per heavy atom. The Morgan fingerprint density at radius 2 is 2.27 bits per heavy atom. The van der Waals surface area contributed by atoms with Crippen molar-refractivity contribution in [2.75, 3.05) is 5.75 Å². The predicted octanol–water partition coefficient (Wildman–Crippen LogP) is 2.65. The van der Waals surface area contributed by atoms with Crippen LogP contribution in [-0.4, -0.2) is 16.8 Å². The second kappa shape index (κ2) is 6.30. The first-order chi connectivity index (χ1) is 7.22. The standard InChI is InChI=1S/C12H14O2S/c13-12(14)9-11-6-3-5-10(8-11)4-1-2-7-15/h1,3-6,8,15H,2,7,9H2,(H,13,14). The SMILES string of the molecule is O=C(O)Cc1cccc(C=CCCS)c1. The number of carbonyl (C=O) groups is 1. The zero-order chi connectivity index (χ0) is 11.1. The summed E-state index contributed by atoms with van der Waals surface area (Å²) < 4.78 is 0. The fraction of sp³-hybridized carbons (Fsp3) is 0.250. The third kappa shape index (κ3) is 4.70. The highest BCUT2D eigenvalue weighted by atomic mass is 32.1. The van der Waals surface area contributed by atoms with Crippen LogP contribution in [0.15, 0.2) is 30.3 Å². The molecule has 0 unspecified atom stereocenters. The molecule has 1 rings (SSSR count). The van der Waals surface area contributed by atoms with Crippen molar-refractivity contribution >= 4 is 24.7 Å². The Balaban J connectivity index is 2.69. The van der Waals surface area contributed by atoms with Crippen molar-refractivity contribution in [3.63, 3.8) is 0 Å². The minimum absolute atomic E-state index is 0.0776. The number of hydrogen-bond donors (Lipinski definition) is 2. The maximum Gasteiger partial charge on any atom is 0.307 e. The van der Waals surface area contributed by atoms with Crippen molar-refractivity contribution in [1.29, 1.82) is 0 Å². The van der Waals surface area contributed by atoms with Crippen molar-refractivity contribution in [3.8, 4) is 0 Å². The van der Waals surface area contributed by atoms with E-state index in [1.54, 1.807) is 0 Å². The van der Waals surface area contributed by atoms with Crippen molar-refractivity contribution in [2.24, 2.45) is 0 Å². The van der Waals surface area contributed by atoms with E-state index in [-0.39, 0.29) is 6.42 Å². The maximum atomic E-state index is 10.5. The summed E-state index contributed by atoms with van der Waals surface area (Å²) in [4.78, 5) is 10.5. The number of benzene rings is 1. The Morgan fingerprint density at radius 3 is 2.93 bits per heavy atom. The summed E-state index contributed by atoms with van der Waals surface area (Å²) in [7, 11) is 0. The summed E-state index contributed by atoms with van der Waals surface area (Å²) in [6, 6.07) is 7.55. The van der Waals surface area contributed by atoms with Gasteiger partial charge in [0.1, 0.15) is 0 Å². The van der Waals surface area contributed by atoms with Gasteiger partial charge in [-0.1, -0.05) is 36.4 Å². The van der Waals surface area contributed by atoms with Crippen molar-refractivity contribution < 1.29 is 9.90 Å². The smallest absolute Gasteiger partial charge is 0.307 e. The third-order valence-corrected chi connectivity index (χ3v) is 2.17. The van der Waals surface area contributed by atoms with Crippen LogP contribution in [0.2, 0.25) is 0 Å². The van der Waals surface area contributed by atoms with E-state index in [0.717, 1.165) is 23.3 Å². The van der Waals surface area contributed by atoms with Crippen molar-refractivity contribution in [3.05, 3.63) is 41.5 Å². The van der Waals surface area contributed by atoms with Gasteiger partial charge in [0.15, 0.2) is 0 Å². The monoisotopic (exact) mass is 222 g/mol. The molecule has 15 heavy (non-hydrogen) atoms. The molecule has 0 saturated heterocycles. The molecule has 0 aromatic heterocycles. The molecule has 0 spiro atoms. The van der Waals surface area contributed by atoms with E-state index >= 15 is 0 Å². The molecule has 0 amide bonds. The quantitative estimate of drug-likeness (QED) is 0.751. The Labute approximate surface area is 95.0 Å². The van der Waals surface area contributed by atoms with Crippen LogP contribution in [-0.2, 0) is 11.2 Å². The predicted molar refractivity (Wildman–Crippen MR) is 65.3 cm³/mol. The lowest BCUT2D eigenvalue weighted by molar-refractivity contribution is -0.136. The molecule has 1 N–H and O–H groups in total. The van der Waals surface area contributed by atoms with Crippen molar-refractivity contribution in [1.82, 2.24) is 0 Å². The van der Waals surface area contributed by atoms with Gasteiger partial charge in [-0.15, -0.1) is 0 Å². The van der Waals surface area contributed by atoms with Gasteiger partial charge < -0.3 is 5.11 Å². The highest BCUT2D eigenvalue weighted by molar-refractivity contribution is 7.80. The largest absolute Gasteiger partial charge is 0.481 e. The molecule has 1 aromatic rings. The average Bonchev–Trinajstić information content (AvgIpc) is 2.18. The highest BCUT2D eigenvalue weighted by Crippen LogP contribution is 2.08. The molecule has 3 heteroatoms. The van der Waals surface area contributed by atoms with Gasteiger partial charge in [-0.25, -0.2) is 0 Å². The first-order valence-corrected chi connectivity index (χ1v) is 5.44. The molecule has 0 aliphatic carbocycles. The third-order valence-electron chi connectivity index (χ3n) is 1.91. The fourth-order valence-electron chi connectivity index (χ4n) is 1.28. The number of allylic oxidation sites excluding steroid dienone is 1. The molecule has 0 saturated carbocycles.